The number of aromatic nitrogens is 1. The summed E-state index contributed by atoms with van der Waals surface area (Å²) in [5, 5.41) is 6.57. The third kappa shape index (κ3) is 2.26. The molecule has 1 saturated heterocycles. The van der Waals surface area contributed by atoms with E-state index in [1.165, 1.54) is 6.26 Å². The molecule has 18 heavy (non-hydrogen) atoms. The minimum atomic E-state index is -0.380. The second-order valence-electron chi connectivity index (χ2n) is 4.74. The van der Waals surface area contributed by atoms with Crippen molar-refractivity contribution in [3.63, 3.8) is 0 Å². The number of nitrogens with one attached hydrogen (secondary N) is 1. The summed E-state index contributed by atoms with van der Waals surface area (Å²) in [6, 6.07) is 1.72. The molecule has 6 nitrogen and oxygen atoms in total. The van der Waals surface area contributed by atoms with Gasteiger partial charge in [-0.2, -0.15) is 0 Å². The maximum absolute atomic E-state index is 11.8. The lowest BCUT2D eigenvalue weighted by molar-refractivity contribution is -0.179. The summed E-state index contributed by atoms with van der Waals surface area (Å²) < 4.78 is 15.9. The number of hydrogen-bond donors (Lipinski definition) is 1. The van der Waals surface area contributed by atoms with Crippen molar-refractivity contribution >= 4 is 5.91 Å². The van der Waals surface area contributed by atoms with Crippen LogP contribution in [0.25, 0.3) is 0 Å². The van der Waals surface area contributed by atoms with E-state index < -0.39 is 0 Å². The maximum Gasteiger partial charge on any atom is 0.273 e. The summed E-state index contributed by atoms with van der Waals surface area (Å²) in [6.45, 7) is 1.35. The molecule has 2 heterocycles. The van der Waals surface area contributed by atoms with Gasteiger partial charge in [-0.15, -0.1) is 0 Å². The summed E-state index contributed by atoms with van der Waals surface area (Å²) in [7, 11) is 0. The van der Waals surface area contributed by atoms with Gasteiger partial charge in [0.15, 0.2) is 11.5 Å². The minimum absolute atomic E-state index is 0.160. The molecule has 2 aliphatic rings. The Hall–Kier alpha value is -1.40. The standard InChI is InChI=1S/C12H16N2O4/c15-11(10-3-6-18-14-10)13-9-1-4-12(5-2-9)16-7-8-17-12/h3,6,9H,1-2,4-5,7-8H2,(H,13,15). The average Bonchev–Trinajstić information content (AvgIpc) is 3.04. The van der Waals surface area contributed by atoms with Gasteiger partial charge in [0.05, 0.1) is 13.2 Å². The van der Waals surface area contributed by atoms with Crippen molar-refractivity contribution in [3.8, 4) is 0 Å². The van der Waals surface area contributed by atoms with E-state index >= 15 is 0 Å². The highest BCUT2D eigenvalue weighted by Gasteiger charge is 2.40. The number of amides is 1. The molecule has 0 aromatic carbocycles. The number of hydrogen-bond acceptors (Lipinski definition) is 5. The topological polar surface area (TPSA) is 73.6 Å². The van der Waals surface area contributed by atoms with Crippen molar-refractivity contribution in [2.24, 2.45) is 0 Å². The van der Waals surface area contributed by atoms with Gasteiger partial charge in [-0.1, -0.05) is 5.16 Å². The Morgan fingerprint density at radius 3 is 2.67 bits per heavy atom. The van der Waals surface area contributed by atoms with Crippen molar-refractivity contribution in [1.82, 2.24) is 10.5 Å². The molecule has 1 amide bonds. The molecule has 1 N–H and O–H groups in total. The molecule has 0 radical (unpaired) electrons. The summed E-state index contributed by atoms with van der Waals surface area (Å²) in [6.07, 6.45) is 4.78. The third-order valence-electron chi connectivity index (χ3n) is 3.57. The van der Waals surface area contributed by atoms with Crippen LogP contribution < -0.4 is 5.32 Å². The Kier molecular flexibility index (Phi) is 3.05. The maximum atomic E-state index is 11.8. The van der Waals surface area contributed by atoms with Gasteiger partial charge in [-0.25, -0.2) is 0 Å². The van der Waals surface area contributed by atoms with Gasteiger partial charge in [-0.3, -0.25) is 4.79 Å². The highest BCUT2D eigenvalue weighted by molar-refractivity contribution is 5.92. The van der Waals surface area contributed by atoms with Gasteiger partial charge >= 0.3 is 0 Å². The van der Waals surface area contributed by atoms with E-state index in [1.54, 1.807) is 6.07 Å². The SMILES string of the molecule is O=C(NC1CCC2(CC1)OCCO2)c1ccon1. The largest absolute Gasteiger partial charge is 0.364 e. The monoisotopic (exact) mass is 252 g/mol. The lowest BCUT2D eigenvalue weighted by Gasteiger charge is -2.35. The van der Waals surface area contributed by atoms with Crippen LogP contribution in [0.5, 0.6) is 0 Å². The van der Waals surface area contributed by atoms with Crippen LogP contribution in [0.3, 0.4) is 0 Å². The second-order valence-corrected chi connectivity index (χ2v) is 4.74. The van der Waals surface area contributed by atoms with Crippen molar-refractivity contribution in [2.75, 3.05) is 13.2 Å². The fraction of sp³-hybridized carbons (Fsp3) is 0.667. The Balaban J connectivity index is 1.52. The molecule has 1 aromatic rings. The second kappa shape index (κ2) is 4.70. The van der Waals surface area contributed by atoms with Crippen LogP contribution in [-0.2, 0) is 9.47 Å². The lowest BCUT2D eigenvalue weighted by atomic mass is 9.90. The van der Waals surface area contributed by atoms with E-state index in [1.807, 2.05) is 0 Å². The van der Waals surface area contributed by atoms with Crippen LogP contribution in [0.1, 0.15) is 36.2 Å². The van der Waals surface area contributed by atoms with E-state index in [4.69, 9.17) is 9.47 Å². The fourth-order valence-electron chi connectivity index (χ4n) is 2.58. The zero-order chi connectivity index (χ0) is 12.4. The van der Waals surface area contributed by atoms with Gasteiger partial charge in [0.1, 0.15) is 6.26 Å². The van der Waals surface area contributed by atoms with Gasteiger partial charge in [0.25, 0.3) is 5.91 Å². The average molecular weight is 252 g/mol. The van der Waals surface area contributed by atoms with Gasteiger partial charge in [-0.05, 0) is 12.8 Å². The van der Waals surface area contributed by atoms with E-state index in [0.717, 1.165) is 25.7 Å². The highest BCUT2D eigenvalue weighted by atomic mass is 16.7. The number of carbonyl (C=O) groups excluding carboxylic acids is 1. The minimum Gasteiger partial charge on any atom is -0.364 e. The Morgan fingerprint density at radius 2 is 2.06 bits per heavy atom. The molecule has 98 valence electrons. The van der Waals surface area contributed by atoms with E-state index in [9.17, 15) is 4.79 Å². The first-order valence-electron chi connectivity index (χ1n) is 6.27. The first kappa shape index (κ1) is 11.7. The molecule has 1 saturated carbocycles. The summed E-state index contributed by atoms with van der Waals surface area (Å²) in [5.74, 6) is -0.562. The third-order valence-corrected chi connectivity index (χ3v) is 3.57. The highest BCUT2D eigenvalue weighted by Crippen LogP contribution is 2.35. The number of ether oxygens (including phenoxy) is 2. The molecule has 1 aromatic heterocycles. The molecule has 0 unspecified atom stereocenters. The number of rotatable bonds is 2. The van der Waals surface area contributed by atoms with Crippen LogP contribution in [0, 0.1) is 0 Å². The number of carbonyl (C=O) groups is 1. The zero-order valence-electron chi connectivity index (χ0n) is 10.1. The normalized spacial score (nSPS) is 23.3. The summed E-state index contributed by atoms with van der Waals surface area (Å²) >= 11 is 0. The Bertz CT molecular complexity index is 402. The van der Waals surface area contributed by atoms with Crippen LogP contribution in [0.4, 0.5) is 0 Å². The van der Waals surface area contributed by atoms with Crippen molar-refractivity contribution in [3.05, 3.63) is 18.0 Å². The molecule has 0 atom stereocenters. The Morgan fingerprint density at radius 1 is 1.33 bits per heavy atom. The van der Waals surface area contributed by atoms with Crippen LogP contribution in [-0.4, -0.2) is 36.1 Å². The molecule has 3 rings (SSSR count). The summed E-state index contributed by atoms with van der Waals surface area (Å²) in [4.78, 5) is 11.8. The van der Waals surface area contributed by atoms with Gasteiger partial charge in [0.2, 0.25) is 0 Å². The predicted octanol–water partition coefficient (Wildman–Crippen LogP) is 1.09. The van der Waals surface area contributed by atoms with Crippen molar-refractivity contribution < 1.29 is 18.8 Å². The molecule has 0 bridgehead atoms. The van der Waals surface area contributed by atoms with Crippen LogP contribution in [0.15, 0.2) is 16.9 Å². The van der Waals surface area contributed by atoms with Gasteiger partial charge in [0, 0.05) is 24.9 Å². The molecule has 6 heteroatoms. The van der Waals surface area contributed by atoms with E-state index in [0.29, 0.717) is 18.9 Å². The summed E-state index contributed by atoms with van der Waals surface area (Å²) in [5.41, 5.74) is 0.323. The van der Waals surface area contributed by atoms with Crippen molar-refractivity contribution in [2.45, 2.75) is 37.5 Å². The quantitative estimate of drug-likeness (QED) is 0.852. The van der Waals surface area contributed by atoms with Crippen molar-refractivity contribution in [1.29, 1.82) is 0 Å². The molecular formula is C12H16N2O4. The smallest absolute Gasteiger partial charge is 0.273 e. The van der Waals surface area contributed by atoms with Crippen LogP contribution in [0.2, 0.25) is 0 Å². The zero-order valence-corrected chi connectivity index (χ0v) is 10.1. The first-order chi connectivity index (χ1) is 8.77. The predicted molar refractivity (Wildman–Crippen MR) is 60.9 cm³/mol. The molecular weight excluding hydrogens is 236 g/mol. The molecule has 1 aliphatic heterocycles. The Labute approximate surface area is 105 Å². The molecule has 1 aliphatic carbocycles. The van der Waals surface area contributed by atoms with Crippen LogP contribution >= 0.6 is 0 Å². The first-order valence-corrected chi connectivity index (χ1v) is 6.27. The number of nitrogens with zero attached hydrogens (tertiary/aromatic N) is 1. The lowest BCUT2D eigenvalue weighted by Crippen LogP contribution is -2.44. The fourth-order valence-corrected chi connectivity index (χ4v) is 2.58. The molecule has 2 fully saturated rings. The van der Waals surface area contributed by atoms with E-state index in [-0.39, 0.29) is 17.7 Å². The van der Waals surface area contributed by atoms with E-state index in [2.05, 4.69) is 15.0 Å². The molecule has 1 spiro atoms. The van der Waals surface area contributed by atoms with Gasteiger partial charge < -0.3 is 19.3 Å².